The lowest BCUT2D eigenvalue weighted by Crippen LogP contribution is -2.48. The SMILES string of the molecule is C[S@](=O)CC[C@H](NC(=O)OCC1c2ccccc2-c2ccccc21)C(=O)[O-]. The van der Waals surface area contributed by atoms with E-state index in [4.69, 9.17) is 4.74 Å². The number of carbonyl (C=O) groups excluding carboxylic acids is 2. The normalized spacial score (nSPS) is 14.7. The first-order valence-corrected chi connectivity index (χ1v) is 10.3. The summed E-state index contributed by atoms with van der Waals surface area (Å²) in [5, 5.41) is 13.4. The quantitative estimate of drug-likeness (QED) is 0.776. The van der Waals surface area contributed by atoms with Gasteiger partial charge < -0.3 is 20.0 Å². The number of aliphatic carboxylic acids is 1. The topological polar surface area (TPSA) is 95.5 Å². The van der Waals surface area contributed by atoms with E-state index in [2.05, 4.69) is 5.32 Å². The van der Waals surface area contributed by atoms with Gasteiger partial charge in [0.1, 0.15) is 6.61 Å². The van der Waals surface area contributed by atoms with Gasteiger partial charge in [-0.1, -0.05) is 48.5 Å². The van der Waals surface area contributed by atoms with Crippen LogP contribution in [0.4, 0.5) is 4.79 Å². The highest BCUT2D eigenvalue weighted by atomic mass is 32.2. The monoisotopic (exact) mass is 386 g/mol. The molecule has 0 bridgehead atoms. The molecule has 0 saturated carbocycles. The molecule has 3 rings (SSSR count). The van der Waals surface area contributed by atoms with Crippen LogP contribution in [0, 0.1) is 0 Å². The molecule has 1 aliphatic carbocycles. The fourth-order valence-corrected chi connectivity index (χ4v) is 3.88. The van der Waals surface area contributed by atoms with Crippen LogP contribution in [0.25, 0.3) is 11.1 Å². The predicted molar refractivity (Wildman–Crippen MR) is 101 cm³/mol. The Morgan fingerprint density at radius 3 is 2.19 bits per heavy atom. The molecule has 2 aromatic rings. The van der Waals surface area contributed by atoms with Gasteiger partial charge in [0.2, 0.25) is 0 Å². The number of hydrogen-bond donors (Lipinski definition) is 1. The van der Waals surface area contributed by atoms with Crippen molar-refractivity contribution < 1.29 is 23.6 Å². The minimum atomic E-state index is -1.42. The second-order valence-corrected chi connectivity index (χ2v) is 7.96. The van der Waals surface area contributed by atoms with Gasteiger partial charge in [-0.05, 0) is 28.7 Å². The van der Waals surface area contributed by atoms with Gasteiger partial charge in [0.05, 0.1) is 12.0 Å². The Bertz CT molecular complexity index is 837. The average Bonchev–Trinajstić information content (AvgIpc) is 2.97. The van der Waals surface area contributed by atoms with E-state index in [0.29, 0.717) is 0 Å². The molecule has 0 fully saturated rings. The van der Waals surface area contributed by atoms with E-state index >= 15 is 0 Å². The number of alkyl carbamates (subject to hydrolysis) is 1. The molecule has 0 spiro atoms. The van der Waals surface area contributed by atoms with Gasteiger partial charge in [-0.25, -0.2) is 4.79 Å². The summed E-state index contributed by atoms with van der Waals surface area (Å²) in [5.74, 6) is -1.37. The zero-order valence-electron chi connectivity index (χ0n) is 14.8. The molecule has 27 heavy (non-hydrogen) atoms. The van der Waals surface area contributed by atoms with Crippen molar-refractivity contribution in [3.05, 3.63) is 59.7 Å². The predicted octanol–water partition coefficient (Wildman–Crippen LogP) is 1.41. The van der Waals surface area contributed by atoms with Gasteiger partial charge in [-0.3, -0.25) is 4.21 Å². The third-order valence-corrected chi connectivity index (χ3v) is 5.42. The lowest BCUT2D eigenvalue weighted by molar-refractivity contribution is -0.308. The summed E-state index contributed by atoms with van der Waals surface area (Å²) < 4.78 is 16.5. The zero-order chi connectivity index (χ0) is 19.4. The van der Waals surface area contributed by atoms with Crippen LogP contribution in [0.2, 0.25) is 0 Å². The van der Waals surface area contributed by atoms with Crippen LogP contribution in [-0.2, 0) is 20.3 Å². The van der Waals surface area contributed by atoms with Crippen LogP contribution < -0.4 is 10.4 Å². The van der Waals surface area contributed by atoms with Crippen LogP contribution in [0.5, 0.6) is 0 Å². The van der Waals surface area contributed by atoms with Crippen molar-refractivity contribution in [2.24, 2.45) is 0 Å². The Balaban J connectivity index is 1.67. The Kier molecular flexibility index (Phi) is 5.91. The summed E-state index contributed by atoms with van der Waals surface area (Å²) >= 11 is 0. The molecule has 0 heterocycles. The summed E-state index contributed by atoms with van der Waals surface area (Å²) in [7, 11) is -1.16. The van der Waals surface area contributed by atoms with Crippen LogP contribution in [0.3, 0.4) is 0 Å². The minimum Gasteiger partial charge on any atom is -0.548 e. The maximum atomic E-state index is 12.1. The number of ether oxygens (including phenoxy) is 1. The van der Waals surface area contributed by atoms with E-state index in [9.17, 15) is 18.9 Å². The molecule has 7 heteroatoms. The molecule has 1 N–H and O–H groups in total. The van der Waals surface area contributed by atoms with E-state index in [1.54, 1.807) is 0 Å². The maximum absolute atomic E-state index is 12.1. The van der Waals surface area contributed by atoms with Crippen molar-refractivity contribution in [2.75, 3.05) is 18.6 Å². The molecular weight excluding hydrogens is 366 g/mol. The first-order valence-electron chi connectivity index (χ1n) is 8.59. The Morgan fingerprint density at radius 2 is 1.67 bits per heavy atom. The molecule has 0 aromatic heterocycles. The standard InChI is InChI=1S/C20H21NO5S/c1-27(25)11-10-18(19(22)23)21-20(24)26-12-17-15-8-4-2-6-13(15)14-7-3-5-9-16(14)17/h2-9,17-18H,10-12H2,1H3,(H,21,24)(H,22,23)/p-1/t18-,27-/m0/s1. The van der Waals surface area contributed by atoms with Crippen LogP contribution in [-0.4, -0.2) is 40.9 Å². The number of nitrogens with one attached hydrogen (secondary N) is 1. The molecule has 6 nitrogen and oxygen atoms in total. The molecule has 1 aliphatic rings. The maximum Gasteiger partial charge on any atom is 0.407 e. The fraction of sp³-hybridized carbons (Fsp3) is 0.300. The number of hydrogen-bond acceptors (Lipinski definition) is 5. The summed E-state index contributed by atoms with van der Waals surface area (Å²) in [4.78, 5) is 23.2. The largest absolute Gasteiger partial charge is 0.548 e. The third-order valence-electron chi connectivity index (χ3n) is 4.61. The van der Waals surface area contributed by atoms with Gasteiger partial charge in [0.25, 0.3) is 0 Å². The second-order valence-electron chi connectivity index (χ2n) is 6.41. The first-order chi connectivity index (χ1) is 13.0. The zero-order valence-corrected chi connectivity index (χ0v) is 15.7. The van der Waals surface area contributed by atoms with Gasteiger partial charge in [-0.15, -0.1) is 0 Å². The molecule has 0 unspecified atom stereocenters. The van der Waals surface area contributed by atoms with E-state index in [1.165, 1.54) is 6.26 Å². The molecule has 0 aliphatic heterocycles. The molecule has 2 atom stereocenters. The number of rotatable bonds is 7. The molecule has 142 valence electrons. The third kappa shape index (κ3) is 4.36. The van der Waals surface area contributed by atoms with Crippen LogP contribution in [0.1, 0.15) is 23.5 Å². The van der Waals surface area contributed by atoms with E-state index < -0.39 is 28.9 Å². The van der Waals surface area contributed by atoms with Gasteiger partial charge in [0, 0.05) is 28.7 Å². The van der Waals surface area contributed by atoms with Crippen molar-refractivity contribution in [3.63, 3.8) is 0 Å². The number of benzene rings is 2. The molecule has 0 saturated heterocycles. The Hall–Kier alpha value is -2.67. The van der Waals surface area contributed by atoms with Crippen LogP contribution >= 0.6 is 0 Å². The highest BCUT2D eigenvalue weighted by molar-refractivity contribution is 7.84. The van der Waals surface area contributed by atoms with E-state index in [-0.39, 0.29) is 24.7 Å². The molecule has 1 amide bonds. The molecule has 2 aromatic carbocycles. The van der Waals surface area contributed by atoms with Gasteiger partial charge in [0.15, 0.2) is 0 Å². The minimum absolute atomic E-state index is 0.0235. The van der Waals surface area contributed by atoms with Crippen molar-refractivity contribution in [1.29, 1.82) is 0 Å². The number of carboxylic acid groups (broad SMARTS) is 1. The molecule has 0 radical (unpaired) electrons. The first kappa shape index (κ1) is 19.1. The average molecular weight is 386 g/mol. The summed E-state index contributed by atoms with van der Waals surface area (Å²) in [6.45, 7) is 0.0966. The number of carbonyl (C=O) groups is 2. The summed E-state index contributed by atoms with van der Waals surface area (Å²) in [5.41, 5.74) is 4.37. The number of fused-ring (bicyclic) bond motifs is 3. The number of amides is 1. The van der Waals surface area contributed by atoms with Crippen LogP contribution in [0.15, 0.2) is 48.5 Å². The molecular formula is C20H20NO5S-. The summed E-state index contributed by atoms with van der Waals surface area (Å²) in [6.07, 6.45) is 0.669. The number of carboxylic acids is 1. The lowest BCUT2D eigenvalue weighted by atomic mass is 9.98. The van der Waals surface area contributed by atoms with Crippen molar-refractivity contribution >= 4 is 22.9 Å². The van der Waals surface area contributed by atoms with Gasteiger partial charge in [-0.2, -0.15) is 0 Å². The van der Waals surface area contributed by atoms with Gasteiger partial charge >= 0.3 is 6.09 Å². The highest BCUT2D eigenvalue weighted by Gasteiger charge is 2.29. The lowest BCUT2D eigenvalue weighted by Gasteiger charge is -2.20. The highest BCUT2D eigenvalue weighted by Crippen LogP contribution is 2.44. The second kappa shape index (κ2) is 8.35. The van der Waals surface area contributed by atoms with E-state index in [0.717, 1.165) is 22.3 Å². The Labute approximate surface area is 160 Å². The summed E-state index contributed by atoms with van der Waals surface area (Å²) in [6, 6.07) is 14.6. The fourth-order valence-electron chi connectivity index (χ4n) is 3.32. The van der Waals surface area contributed by atoms with Crippen molar-refractivity contribution in [2.45, 2.75) is 18.4 Å². The van der Waals surface area contributed by atoms with Crippen molar-refractivity contribution in [1.82, 2.24) is 5.32 Å². The van der Waals surface area contributed by atoms with Crippen molar-refractivity contribution in [3.8, 4) is 11.1 Å². The Morgan fingerprint density at radius 1 is 1.11 bits per heavy atom. The van der Waals surface area contributed by atoms with E-state index in [1.807, 2.05) is 48.5 Å². The smallest absolute Gasteiger partial charge is 0.407 e.